The number of carbonyl (C=O) groups excluding carboxylic acids is 1. The van der Waals surface area contributed by atoms with Gasteiger partial charge in [0.05, 0.1) is 28.0 Å². The van der Waals surface area contributed by atoms with E-state index in [1.165, 1.54) is 0 Å². The van der Waals surface area contributed by atoms with Gasteiger partial charge in [-0.25, -0.2) is 13.4 Å². The summed E-state index contributed by atoms with van der Waals surface area (Å²) in [6.45, 7) is 7.49. The number of fused-ring (bicyclic) bond motifs is 1. The average molecular weight is 430 g/mol. The fourth-order valence-electron chi connectivity index (χ4n) is 4.00. The maximum atomic E-state index is 13.6. The molecule has 2 aliphatic heterocycles. The number of nitrogens with one attached hydrogen (secondary N) is 2. The third-order valence-electron chi connectivity index (χ3n) is 5.68. The monoisotopic (exact) mass is 429 g/mol. The zero-order valence-electron chi connectivity index (χ0n) is 17.3. The summed E-state index contributed by atoms with van der Waals surface area (Å²) in [6, 6.07) is 5.00. The molecule has 1 fully saturated rings. The van der Waals surface area contributed by atoms with E-state index in [-0.39, 0.29) is 10.8 Å². The molecule has 0 saturated carbocycles. The SMILES string of the molecule is CCc1ncc(/C=C2\C(=O)Nc3cccc(S(=O)(=O)N4CCCN(CC)CC4)c32)[nH]1. The van der Waals surface area contributed by atoms with Crippen molar-refractivity contribution in [3.63, 3.8) is 0 Å². The van der Waals surface area contributed by atoms with Crippen molar-refractivity contribution < 1.29 is 13.2 Å². The van der Waals surface area contributed by atoms with Gasteiger partial charge in [-0.3, -0.25) is 4.79 Å². The molecule has 1 amide bonds. The van der Waals surface area contributed by atoms with E-state index < -0.39 is 10.0 Å². The summed E-state index contributed by atoms with van der Waals surface area (Å²) in [5.41, 5.74) is 1.96. The summed E-state index contributed by atoms with van der Waals surface area (Å²) in [5, 5.41) is 2.80. The minimum absolute atomic E-state index is 0.171. The lowest BCUT2D eigenvalue weighted by Crippen LogP contribution is -2.35. The number of sulfonamides is 1. The summed E-state index contributed by atoms with van der Waals surface area (Å²) >= 11 is 0. The molecule has 1 aromatic heterocycles. The second-order valence-electron chi connectivity index (χ2n) is 7.52. The topological polar surface area (TPSA) is 98.4 Å². The first kappa shape index (κ1) is 20.8. The Balaban J connectivity index is 1.75. The predicted octanol–water partition coefficient (Wildman–Crippen LogP) is 2.18. The maximum Gasteiger partial charge on any atom is 0.256 e. The van der Waals surface area contributed by atoms with Crippen molar-refractivity contribution in [3.8, 4) is 0 Å². The van der Waals surface area contributed by atoms with Crippen molar-refractivity contribution in [1.82, 2.24) is 19.2 Å². The van der Waals surface area contributed by atoms with E-state index in [1.54, 1.807) is 34.8 Å². The molecule has 0 bridgehead atoms. The first-order valence-electron chi connectivity index (χ1n) is 10.4. The minimum atomic E-state index is -3.74. The molecule has 0 aliphatic carbocycles. The van der Waals surface area contributed by atoms with E-state index in [2.05, 4.69) is 27.1 Å². The van der Waals surface area contributed by atoms with Crippen molar-refractivity contribution >= 4 is 33.3 Å². The van der Waals surface area contributed by atoms with Gasteiger partial charge in [-0.05, 0) is 37.7 Å². The molecule has 30 heavy (non-hydrogen) atoms. The van der Waals surface area contributed by atoms with Crippen LogP contribution in [0.3, 0.4) is 0 Å². The lowest BCUT2D eigenvalue weighted by molar-refractivity contribution is -0.110. The molecule has 2 aliphatic rings. The van der Waals surface area contributed by atoms with Gasteiger partial charge in [-0.15, -0.1) is 0 Å². The van der Waals surface area contributed by atoms with Gasteiger partial charge in [-0.2, -0.15) is 4.31 Å². The highest BCUT2D eigenvalue weighted by Gasteiger charge is 2.35. The van der Waals surface area contributed by atoms with Gasteiger partial charge < -0.3 is 15.2 Å². The molecule has 0 radical (unpaired) electrons. The first-order chi connectivity index (χ1) is 14.4. The van der Waals surface area contributed by atoms with Gasteiger partial charge >= 0.3 is 0 Å². The van der Waals surface area contributed by atoms with E-state index in [1.807, 2.05) is 6.92 Å². The zero-order chi connectivity index (χ0) is 21.3. The second-order valence-corrected chi connectivity index (χ2v) is 9.43. The highest BCUT2D eigenvalue weighted by molar-refractivity contribution is 7.89. The number of benzene rings is 1. The van der Waals surface area contributed by atoms with E-state index in [0.29, 0.717) is 42.2 Å². The second kappa shape index (κ2) is 8.33. The Hall–Kier alpha value is -2.49. The molecular formula is C21H27N5O3S. The van der Waals surface area contributed by atoms with Gasteiger partial charge in [0.25, 0.3) is 5.91 Å². The van der Waals surface area contributed by atoms with E-state index in [9.17, 15) is 13.2 Å². The Labute approximate surface area is 177 Å². The summed E-state index contributed by atoms with van der Waals surface area (Å²) in [4.78, 5) is 22.5. The lowest BCUT2D eigenvalue weighted by Gasteiger charge is -2.22. The van der Waals surface area contributed by atoms with Gasteiger partial charge in [0.1, 0.15) is 5.82 Å². The van der Waals surface area contributed by atoms with Crippen LogP contribution in [0.25, 0.3) is 11.6 Å². The molecule has 8 nitrogen and oxygen atoms in total. The van der Waals surface area contributed by atoms with E-state index >= 15 is 0 Å². The number of rotatable bonds is 5. The van der Waals surface area contributed by atoms with Crippen LogP contribution in [0.15, 0.2) is 29.3 Å². The lowest BCUT2D eigenvalue weighted by atomic mass is 10.1. The molecular weight excluding hydrogens is 402 g/mol. The van der Waals surface area contributed by atoms with Crippen molar-refractivity contribution in [2.75, 3.05) is 38.0 Å². The molecule has 0 spiro atoms. The summed E-state index contributed by atoms with van der Waals surface area (Å²) in [6.07, 6.45) is 4.86. The smallest absolute Gasteiger partial charge is 0.256 e. The largest absolute Gasteiger partial charge is 0.342 e. The number of aryl methyl sites for hydroxylation is 1. The molecule has 0 unspecified atom stereocenters. The van der Waals surface area contributed by atoms with Gasteiger partial charge in [0.15, 0.2) is 0 Å². The van der Waals surface area contributed by atoms with E-state index in [0.717, 1.165) is 31.8 Å². The number of amides is 1. The summed E-state index contributed by atoms with van der Waals surface area (Å²) in [7, 11) is -3.74. The zero-order valence-corrected chi connectivity index (χ0v) is 18.1. The molecule has 3 heterocycles. The van der Waals surface area contributed by atoms with Crippen molar-refractivity contribution in [2.24, 2.45) is 0 Å². The van der Waals surface area contributed by atoms with Crippen LogP contribution in [0.2, 0.25) is 0 Å². The number of H-pyrrole nitrogens is 1. The number of hydrogen-bond donors (Lipinski definition) is 2. The summed E-state index contributed by atoms with van der Waals surface area (Å²) in [5.74, 6) is 0.500. The van der Waals surface area contributed by atoms with Crippen LogP contribution in [0.5, 0.6) is 0 Å². The van der Waals surface area contributed by atoms with Gasteiger partial charge in [0.2, 0.25) is 10.0 Å². The molecule has 1 saturated heterocycles. The average Bonchev–Trinajstić information content (AvgIpc) is 3.22. The van der Waals surface area contributed by atoms with Crippen LogP contribution in [-0.2, 0) is 21.2 Å². The van der Waals surface area contributed by atoms with E-state index in [4.69, 9.17) is 0 Å². The number of imidazole rings is 1. The summed E-state index contributed by atoms with van der Waals surface area (Å²) < 4.78 is 28.7. The minimum Gasteiger partial charge on any atom is -0.342 e. The predicted molar refractivity (Wildman–Crippen MR) is 116 cm³/mol. The molecule has 9 heteroatoms. The molecule has 0 atom stereocenters. The van der Waals surface area contributed by atoms with Crippen molar-refractivity contribution in [2.45, 2.75) is 31.6 Å². The highest BCUT2D eigenvalue weighted by atomic mass is 32.2. The van der Waals surface area contributed by atoms with Crippen LogP contribution in [-0.4, -0.2) is 66.2 Å². The fraction of sp³-hybridized carbons (Fsp3) is 0.429. The van der Waals surface area contributed by atoms with Crippen LogP contribution in [0.1, 0.15) is 37.4 Å². The third-order valence-corrected chi connectivity index (χ3v) is 7.62. The molecule has 2 aromatic rings. The molecule has 4 rings (SSSR count). The number of hydrogen-bond acceptors (Lipinski definition) is 5. The van der Waals surface area contributed by atoms with Crippen LogP contribution < -0.4 is 5.32 Å². The Morgan fingerprint density at radius 2 is 2.00 bits per heavy atom. The van der Waals surface area contributed by atoms with Crippen LogP contribution in [0.4, 0.5) is 5.69 Å². The molecule has 160 valence electrons. The van der Waals surface area contributed by atoms with Crippen molar-refractivity contribution in [1.29, 1.82) is 0 Å². The standard InChI is InChI=1S/C21H27N5O3S/c1-3-19-22-14-15(23-19)13-16-20-17(24-21(16)27)7-5-8-18(20)30(28,29)26-10-6-9-25(4-2)11-12-26/h5,7-8,13-14H,3-4,6,9-12H2,1-2H3,(H,22,23)(H,24,27)/b16-13-. The Morgan fingerprint density at radius 1 is 1.17 bits per heavy atom. The number of nitrogens with zero attached hydrogens (tertiary/aromatic N) is 3. The number of anilines is 1. The Morgan fingerprint density at radius 3 is 2.73 bits per heavy atom. The quantitative estimate of drug-likeness (QED) is 0.710. The van der Waals surface area contributed by atoms with Crippen LogP contribution >= 0.6 is 0 Å². The Kier molecular flexibility index (Phi) is 5.77. The fourth-order valence-corrected chi connectivity index (χ4v) is 5.70. The number of likely N-dealkylation sites (N-methyl/N-ethyl adjacent to an activating group) is 1. The number of aromatic nitrogens is 2. The normalized spacial score (nSPS) is 19.7. The molecule has 1 aromatic carbocycles. The number of carbonyl (C=O) groups is 1. The first-order valence-corrected chi connectivity index (χ1v) is 11.8. The highest BCUT2D eigenvalue weighted by Crippen LogP contribution is 2.38. The maximum absolute atomic E-state index is 13.6. The third kappa shape index (κ3) is 3.80. The molecule has 2 N–H and O–H groups in total. The Bertz CT molecular complexity index is 1090. The van der Waals surface area contributed by atoms with Crippen molar-refractivity contribution in [3.05, 3.63) is 41.5 Å². The van der Waals surface area contributed by atoms with Gasteiger partial charge in [-0.1, -0.05) is 19.9 Å². The van der Waals surface area contributed by atoms with Crippen LogP contribution in [0, 0.1) is 0 Å². The van der Waals surface area contributed by atoms with Gasteiger partial charge in [0, 0.05) is 31.6 Å². The number of aromatic amines is 1.